The first-order valence-corrected chi connectivity index (χ1v) is 7.00. The molecule has 2 nitrogen and oxygen atoms in total. The van der Waals surface area contributed by atoms with E-state index in [4.69, 9.17) is 4.74 Å². The first kappa shape index (κ1) is 13.4. The molecular weight excluding hydrogens is 222 g/mol. The molecule has 100 valence electrons. The molecule has 0 amide bonds. The van der Waals surface area contributed by atoms with Crippen LogP contribution in [0.25, 0.3) is 0 Å². The summed E-state index contributed by atoms with van der Waals surface area (Å²) in [5.74, 6) is 1.97. The third kappa shape index (κ3) is 3.49. The molecule has 0 saturated heterocycles. The van der Waals surface area contributed by atoms with Crippen molar-refractivity contribution in [1.82, 2.24) is 5.32 Å². The van der Waals surface area contributed by atoms with Crippen molar-refractivity contribution in [2.75, 3.05) is 7.11 Å². The number of nitrogens with one attached hydrogen (secondary N) is 1. The highest BCUT2D eigenvalue weighted by atomic mass is 16.5. The second kappa shape index (κ2) is 5.75. The molecule has 1 fully saturated rings. The van der Waals surface area contributed by atoms with Gasteiger partial charge in [-0.1, -0.05) is 25.0 Å². The Labute approximate surface area is 111 Å². The number of hydrogen-bond acceptors (Lipinski definition) is 2. The summed E-state index contributed by atoms with van der Waals surface area (Å²) in [5.41, 5.74) is 2.50. The standard InChI is InChI=1S/C16H25NO/c1-11-5-8-15(16(9-11)18-4)13(3)17-12(2)10-14-6-7-14/h5,8-9,12-14,17H,6-7,10H2,1-4H3. The normalized spacial score (nSPS) is 18.4. The van der Waals surface area contributed by atoms with Crippen LogP contribution in [0.15, 0.2) is 18.2 Å². The fourth-order valence-corrected chi connectivity index (χ4v) is 2.61. The minimum absolute atomic E-state index is 0.342. The second-order valence-electron chi connectivity index (χ2n) is 5.71. The van der Waals surface area contributed by atoms with E-state index >= 15 is 0 Å². The molecule has 0 heterocycles. The zero-order chi connectivity index (χ0) is 13.1. The van der Waals surface area contributed by atoms with Crippen LogP contribution in [0, 0.1) is 12.8 Å². The maximum absolute atomic E-state index is 5.48. The van der Waals surface area contributed by atoms with Crippen LogP contribution in [0.3, 0.4) is 0 Å². The van der Waals surface area contributed by atoms with Gasteiger partial charge in [0.25, 0.3) is 0 Å². The summed E-state index contributed by atoms with van der Waals surface area (Å²) in [5, 5.41) is 3.68. The van der Waals surface area contributed by atoms with Crippen LogP contribution in [0.5, 0.6) is 5.75 Å². The van der Waals surface area contributed by atoms with Crippen molar-refractivity contribution in [2.24, 2.45) is 5.92 Å². The number of rotatable bonds is 6. The summed E-state index contributed by atoms with van der Waals surface area (Å²) in [4.78, 5) is 0. The zero-order valence-corrected chi connectivity index (χ0v) is 12.0. The number of hydrogen-bond donors (Lipinski definition) is 1. The van der Waals surface area contributed by atoms with Crippen LogP contribution in [-0.2, 0) is 0 Å². The Morgan fingerprint density at radius 3 is 2.67 bits per heavy atom. The maximum Gasteiger partial charge on any atom is 0.123 e. The van der Waals surface area contributed by atoms with Crippen molar-refractivity contribution in [1.29, 1.82) is 0 Å². The van der Waals surface area contributed by atoms with Crippen molar-refractivity contribution in [3.05, 3.63) is 29.3 Å². The fraction of sp³-hybridized carbons (Fsp3) is 0.625. The van der Waals surface area contributed by atoms with Gasteiger partial charge in [0.2, 0.25) is 0 Å². The zero-order valence-electron chi connectivity index (χ0n) is 12.0. The van der Waals surface area contributed by atoms with Crippen LogP contribution < -0.4 is 10.1 Å². The summed E-state index contributed by atoms with van der Waals surface area (Å²) in [6, 6.07) is 7.36. The molecular formula is C16H25NO. The second-order valence-corrected chi connectivity index (χ2v) is 5.71. The van der Waals surface area contributed by atoms with Crippen LogP contribution in [0.1, 0.15) is 50.3 Å². The molecule has 1 aromatic rings. The number of ether oxygens (including phenoxy) is 1. The van der Waals surface area contributed by atoms with Gasteiger partial charge in [0.1, 0.15) is 5.75 Å². The number of benzene rings is 1. The lowest BCUT2D eigenvalue weighted by molar-refractivity contribution is 0.389. The highest BCUT2D eigenvalue weighted by molar-refractivity contribution is 5.39. The Bertz CT molecular complexity index is 398. The van der Waals surface area contributed by atoms with E-state index in [0.717, 1.165) is 11.7 Å². The van der Waals surface area contributed by atoms with E-state index < -0.39 is 0 Å². The Morgan fingerprint density at radius 1 is 1.33 bits per heavy atom. The fourth-order valence-electron chi connectivity index (χ4n) is 2.61. The average molecular weight is 247 g/mol. The van der Waals surface area contributed by atoms with Gasteiger partial charge in [-0.3, -0.25) is 0 Å². The summed E-state index contributed by atoms with van der Waals surface area (Å²) in [6.45, 7) is 6.60. The lowest BCUT2D eigenvalue weighted by Crippen LogP contribution is -2.29. The monoisotopic (exact) mass is 247 g/mol. The molecule has 2 rings (SSSR count). The largest absolute Gasteiger partial charge is 0.496 e. The quantitative estimate of drug-likeness (QED) is 0.824. The molecule has 0 radical (unpaired) electrons. The van der Waals surface area contributed by atoms with Crippen molar-refractivity contribution in [3.8, 4) is 5.75 Å². The van der Waals surface area contributed by atoms with E-state index in [1.807, 2.05) is 0 Å². The molecule has 1 N–H and O–H groups in total. The number of aryl methyl sites for hydroxylation is 1. The van der Waals surface area contributed by atoms with Crippen molar-refractivity contribution in [2.45, 2.75) is 52.1 Å². The van der Waals surface area contributed by atoms with Crippen LogP contribution in [-0.4, -0.2) is 13.2 Å². The molecule has 0 aromatic heterocycles. The third-order valence-corrected chi connectivity index (χ3v) is 3.77. The van der Waals surface area contributed by atoms with E-state index in [1.165, 1.54) is 30.4 Å². The topological polar surface area (TPSA) is 21.3 Å². The Balaban J connectivity index is 2.00. The highest BCUT2D eigenvalue weighted by Crippen LogP contribution is 2.34. The van der Waals surface area contributed by atoms with Crippen molar-refractivity contribution < 1.29 is 4.74 Å². The van der Waals surface area contributed by atoms with E-state index in [0.29, 0.717) is 12.1 Å². The molecule has 0 aliphatic heterocycles. The van der Waals surface area contributed by atoms with E-state index in [9.17, 15) is 0 Å². The van der Waals surface area contributed by atoms with E-state index in [2.05, 4.69) is 44.3 Å². The summed E-state index contributed by atoms with van der Waals surface area (Å²) in [6.07, 6.45) is 4.15. The minimum atomic E-state index is 0.342. The van der Waals surface area contributed by atoms with Crippen LogP contribution >= 0.6 is 0 Å². The molecule has 1 aliphatic carbocycles. The van der Waals surface area contributed by atoms with Gasteiger partial charge >= 0.3 is 0 Å². The third-order valence-electron chi connectivity index (χ3n) is 3.77. The van der Waals surface area contributed by atoms with E-state index in [1.54, 1.807) is 7.11 Å². The van der Waals surface area contributed by atoms with Gasteiger partial charge in [-0.2, -0.15) is 0 Å². The van der Waals surface area contributed by atoms with Gasteiger partial charge in [-0.15, -0.1) is 0 Å². The van der Waals surface area contributed by atoms with Crippen LogP contribution in [0.2, 0.25) is 0 Å². The molecule has 1 aliphatic rings. The summed E-state index contributed by atoms with van der Waals surface area (Å²) >= 11 is 0. The Hall–Kier alpha value is -1.02. The van der Waals surface area contributed by atoms with Gasteiger partial charge in [-0.05, 0) is 44.7 Å². The highest BCUT2D eigenvalue weighted by Gasteiger charge is 2.24. The first-order valence-electron chi connectivity index (χ1n) is 7.00. The lowest BCUT2D eigenvalue weighted by atomic mass is 10.0. The Morgan fingerprint density at radius 2 is 2.06 bits per heavy atom. The maximum atomic E-state index is 5.48. The molecule has 0 spiro atoms. The van der Waals surface area contributed by atoms with E-state index in [-0.39, 0.29) is 0 Å². The minimum Gasteiger partial charge on any atom is -0.496 e. The molecule has 18 heavy (non-hydrogen) atoms. The smallest absolute Gasteiger partial charge is 0.123 e. The van der Waals surface area contributed by atoms with Gasteiger partial charge in [0.05, 0.1) is 7.11 Å². The lowest BCUT2D eigenvalue weighted by Gasteiger charge is -2.22. The van der Waals surface area contributed by atoms with Gasteiger partial charge in [0.15, 0.2) is 0 Å². The molecule has 2 atom stereocenters. The molecule has 2 heteroatoms. The van der Waals surface area contributed by atoms with Gasteiger partial charge < -0.3 is 10.1 Å². The first-order chi connectivity index (χ1) is 8.60. The molecule has 1 saturated carbocycles. The SMILES string of the molecule is COc1cc(C)ccc1C(C)NC(C)CC1CC1. The van der Waals surface area contributed by atoms with Gasteiger partial charge in [0, 0.05) is 17.6 Å². The predicted octanol–water partition coefficient (Wildman–Crippen LogP) is 3.84. The molecule has 1 aromatic carbocycles. The average Bonchev–Trinajstić information content (AvgIpc) is 3.12. The van der Waals surface area contributed by atoms with Crippen molar-refractivity contribution >= 4 is 0 Å². The van der Waals surface area contributed by atoms with Crippen LogP contribution in [0.4, 0.5) is 0 Å². The van der Waals surface area contributed by atoms with Gasteiger partial charge in [-0.25, -0.2) is 0 Å². The molecule has 2 unspecified atom stereocenters. The Kier molecular flexibility index (Phi) is 4.28. The van der Waals surface area contributed by atoms with Crippen molar-refractivity contribution in [3.63, 3.8) is 0 Å². The predicted molar refractivity (Wildman–Crippen MR) is 76.1 cm³/mol. The number of methoxy groups -OCH3 is 1. The molecule has 0 bridgehead atoms. The summed E-state index contributed by atoms with van der Waals surface area (Å²) < 4.78 is 5.48. The summed E-state index contributed by atoms with van der Waals surface area (Å²) in [7, 11) is 1.75.